The molecule has 78 valence electrons. The molecule has 0 radical (unpaired) electrons. The van der Waals surface area contributed by atoms with Crippen molar-refractivity contribution in [3.8, 4) is 0 Å². The van der Waals surface area contributed by atoms with E-state index in [1.165, 1.54) is 0 Å². The van der Waals surface area contributed by atoms with Gasteiger partial charge in [-0.05, 0) is 6.92 Å². The van der Waals surface area contributed by atoms with E-state index in [1.54, 1.807) is 12.4 Å². The summed E-state index contributed by atoms with van der Waals surface area (Å²) in [7, 11) is 3.69. The normalized spacial score (nSPS) is 10.3. The molecule has 0 unspecified atom stereocenters. The van der Waals surface area contributed by atoms with Gasteiger partial charge in [0.05, 0.1) is 11.4 Å². The summed E-state index contributed by atoms with van der Waals surface area (Å²) in [5, 5.41) is 6.12. The summed E-state index contributed by atoms with van der Waals surface area (Å²) in [4.78, 5) is 13.0. The molecule has 2 N–H and O–H groups in total. The van der Waals surface area contributed by atoms with Gasteiger partial charge in [-0.25, -0.2) is 9.97 Å². The molecule has 2 aromatic heterocycles. The zero-order chi connectivity index (χ0) is 10.8. The number of nitrogens with one attached hydrogen (secondary N) is 2. The standard InChI is InChI=1S/C10H13N5/c1-6-7(11-2)8-9(10(12-3)15-6)14-5-4-13-8/h4-5,11H,1-3H3,(H,12,15). The number of aromatic nitrogens is 3. The van der Waals surface area contributed by atoms with Crippen molar-refractivity contribution in [3.05, 3.63) is 18.1 Å². The Morgan fingerprint density at radius 2 is 1.67 bits per heavy atom. The summed E-state index contributed by atoms with van der Waals surface area (Å²) in [5.41, 5.74) is 3.47. The van der Waals surface area contributed by atoms with Crippen molar-refractivity contribution < 1.29 is 0 Å². The molecule has 0 fully saturated rings. The smallest absolute Gasteiger partial charge is 0.154 e. The summed E-state index contributed by atoms with van der Waals surface area (Å²) in [6.07, 6.45) is 3.35. The first-order valence-electron chi connectivity index (χ1n) is 4.74. The van der Waals surface area contributed by atoms with Crippen LogP contribution in [-0.4, -0.2) is 29.0 Å². The van der Waals surface area contributed by atoms with Crippen LogP contribution in [0.3, 0.4) is 0 Å². The maximum absolute atomic E-state index is 4.41. The third-order valence-corrected chi connectivity index (χ3v) is 2.29. The summed E-state index contributed by atoms with van der Waals surface area (Å²) in [6, 6.07) is 0. The predicted octanol–water partition coefficient (Wildman–Crippen LogP) is 1.42. The molecular weight excluding hydrogens is 190 g/mol. The lowest BCUT2D eigenvalue weighted by Gasteiger charge is -2.10. The topological polar surface area (TPSA) is 62.7 Å². The molecule has 0 aromatic carbocycles. The molecule has 0 saturated heterocycles. The van der Waals surface area contributed by atoms with Gasteiger partial charge < -0.3 is 10.6 Å². The van der Waals surface area contributed by atoms with Crippen molar-refractivity contribution >= 4 is 22.5 Å². The van der Waals surface area contributed by atoms with Gasteiger partial charge in [0.2, 0.25) is 0 Å². The summed E-state index contributed by atoms with van der Waals surface area (Å²) < 4.78 is 0. The van der Waals surface area contributed by atoms with E-state index in [9.17, 15) is 0 Å². The van der Waals surface area contributed by atoms with Crippen molar-refractivity contribution in [1.82, 2.24) is 15.0 Å². The van der Waals surface area contributed by atoms with Crippen LogP contribution in [0.15, 0.2) is 12.4 Å². The van der Waals surface area contributed by atoms with Crippen molar-refractivity contribution in [2.24, 2.45) is 0 Å². The third kappa shape index (κ3) is 1.45. The highest BCUT2D eigenvalue weighted by Gasteiger charge is 2.10. The Balaban J connectivity index is 2.86. The number of nitrogens with zero attached hydrogens (tertiary/aromatic N) is 3. The molecule has 15 heavy (non-hydrogen) atoms. The minimum atomic E-state index is 0.759. The van der Waals surface area contributed by atoms with Gasteiger partial charge in [0.15, 0.2) is 5.82 Å². The largest absolute Gasteiger partial charge is 0.385 e. The molecule has 0 saturated carbocycles. The third-order valence-electron chi connectivity index (χ3n) is 2.29. The van der Waals surface area contributed by atoms with Gasteiger partial charge in [0, 0.05) is 26.5 Å². The number of pyridine rings is 1. The number of rotatable bonds is 2. The highest BCUT2D eigenvalue weighted by Crippen LogP contribution is 2.26. The highest BCUT2D eigenvalue weighted by molar-refractivity contribution is 5.95. The summed E-state index contributed by atoms with van der Waals surface area (Å²) in [5.74, 6) is 0.759. The number of hydrogen-bond donors (Lipinski definition) is 2. The second-order valence-corrected chi connectivity index (χ2v) is 3.17. The van der Waals surface area contributed by atoms with E-state index >= 15 is 0 Å². The molecule has 0 aliphatic rings. The Labute approximate surface area is 88.0 Å². The second kappa shape index (κ2) is 3.68. The van der Waals surface area contributed by atoms with Gasteiger partial charge in [-0.3, -0.25) is 4.98 Å². The number of anilines is 2. The van der Waals surface area contributed by atoms with Gasteiger partial charge >= 0.3 is 0 Å². The lowest BCUT2D eigenvalue weighted by atomic mass is 10.2. The van der Waals surface area contributed by atoms with Crippen LogP contribution in [0.2, 0.25) is 0 Å². The van der Waals surface area contributed by atoms with Crippen LogP contribution in [0.5, 0.6) is 0 Å². The molecule has 5 heteroatoms. The summed E-state index contributed by atoms with van der Waals surface area (Å²) >= 11 is 0. The fourth-order valence-corrected chi connectivity index (χ4v) is 1.62. The second-order valence-electron chi connectivity index (χ2n) is 3.17. The fourth-order valence-electron chi connectivity index (χ4n) is 1.62. The van der Waals surface area contributed by atoms with Crippen LogP contribution in [0.25, 0.3) is 11.0 Å². The average molecular weight is 203 g/mol. The van der Waals surface area contributed by atoms with E-state index < -0.39 is 0 Å². The molecule has 2 aromatic rings. The number of fused-ring (bicyclic) bond motifs is 1. The van der Waals surface area contributed by atoms with Gasteiger partial charge in [0.1, 0.15) is 11.0 Å². The number of hydrogen-bond acceptors (Lipinski definition) is 5. The number of aryl methyl sites for hydroxylation is 1. The van der Waals surface area contributed by atoms with Gasteiger partial charge in [-0.1, -0.05) is 0 Å². The van der Waals surface area contributed by atoms with E-state index in [1.807, 2.05) is 21.0 Å². The molecule has 0 atom stereocenters. The fraction of sp³-hybridized carbons (Fsp3) is 0.300. The van der Waals surface area contributed by atoms with E-state index in [0.29, 0.717) is 0 Å². The highest BCUT2D eigenvalue weighted by atomic mass is 15.0. The van der Waals surface area contributed by atoms with Gasteiger partial charge in [-0.15, -0.1) is 0 Å². The first kappa shape index (κ1) is 9.64. The van der Waals surface area contributed by atoms with Gasteiger partial charge in [-0.2, -0.15) is 0 Å². The molecule has 0 bridgehead atoms. The maximum atomic E-state index is 4.41. The molecule has 0 aliphatic carbocycles. The zero-order valence-corrected chi connectivity index (χ0v) is 9.00. The van der Waals surface area contributed by atoms with Crippen LogP contribution in [-0.2, 0) is 0 Å². The van der Waals surface area contributed by atoms with E-state index in [4.69, 9.17) is 0 Å². The lowest BCUT2D eigenvalue weighted by Crippen LogP contribution is -2.03. The maximum Gasteiger partial charge on any atom is 0.154 e. The zero-order valence-electron chi connectivity index (χ0n) is 9.00. The van der Waals surface area contributed by atoms with Crippen LogP contribution < -0.4 is 10.6 Å². The molecule has 0 aliphatic heterocycles. The van der Waals surface area contributed by atoms with Crippen molar-refractivity contribution in [3.63, 3.8) is 0 Å². The average Bonchev–Trinajstić information content (AvgIpc) is 2.28. The van der Waals surface area contributed by atoms with Gasteiger partial charge in [0.25, 0.3) is 0 Å². The molecule has 2 heterocycles. The first-order chi connectivity index (χ1) is 7.27. The molecular formula is C10H13N5. The predicted molar refractivity (Wildman–Crippen MR) is 61.2 cm³/mol. The molecule has 2 rings (SSSR count). The van der Waals surface area contributed by atoms with E-state index in [-0.39, 0.29) is 0 Å². The molecule has 0 spiro atoms. The van der Waals surface area contributed by atoms with Crippen LogP contribution in [0.4, 0.5) is 11.5 Å². The molecule has 0 amide bonds. The van der Waals surface area contributed by atoms with Crippen LogP contribution in [0.1, 0.15) is 5.69 Å². The van der Waals surface area contributed by atoms with Crippen molar-refractivity contribution in [2.75, 3.05) is 24.7 Å². The Bertz CT molecular complexity index is 494. The van der Waals surface area contributed by atoms with E-state index in [2.05, 4.69) is 25.6 Å². The monoisotopic (exact) mass is 203 g/mol. The minimum Gasteiger partial charge on any atom is -0.385 e. The lowest BCUT2D eigenvalue weighted by molar-refractivity contribution is 1.17. The Kier molecular flexibility index (Phi) is 2.37. The molecule has 5 nitrogen and oxygen atoms in total. The van der Waals surface area contributed by atoms with E-state index in [0.717, 1.165) is 28.2 Å². The van der Waals surface area contributed by atoms with Crippen molar-refractivity contribution in [2.45, 2.75) is 6.92 Å². The van der Waals surface area contributed by atoms with Crippen LogP contribution in [0, 0.1) is 6.92 Å². The Morgan fingerprint density at radius 3 is 2.27 bits per heavy atom. The quantitative estimate of drug-likeness (QED) is 0.772. The van der Waals surface area contributed by atoms with Crippen molar-refractivity contribution in [1.29, 1.82) is 0 Å². The Morgan fingerprint density at radius 1 is 1.00 bits per heavy atom. The summed E-state index contributed by atoms with van der Waals surface area (Å²) in [6.45, 7) is 1.95. The van der Waals surface area contributed by atoms with Crippen LogP contribution >= 0.6 is 0 Å². The SMILES string of the molecule is CNc1nc(C)c(NC)c2nccnc12. The minimum absolute atomic E-state index is 0.759. The Hall–Kier alpha value is -1.91. The first-order valence-corrected chi connectivity index (χ1v) is 4.74.